The number of rotatable bonds is 3. The topological polar surface area (TPSA) is 131 Å². The van der Waals surface area contributed by atoms with E-state index in [-0.39, 0.29) is 11.4 Å². The molecule has 2 aromatic rings. The third kappa shape index (κ3) is 3.26. The maximum Gasteiger partial charge on any atom is 0.270 e. The monoisotopic (exact) mass is 343 g/mol. The first-order valence-electron chi connectivity index (χ1n) is 7.59. The molecule has 1 aliphatic heterocycles. The number of hydrogen-bond acceptors (Lipinski definition) is 6. The zero-order chi connectivity index (χ0) is 18.0. The number of carbonyl (C=O) groups is 1. The van der Waals surface area contributed by atoms with Crippen LogP contribution in [0.4, 0.5) is 0 Å². The molecular weight excluding hydrogens is 326 g/mol. The van der Waals surface area contributed by atoms with Gasteiger partial charge in [0.05, 0.1) is 12.9 Å². The summed E-state index contributed by atoms with van der Waals surface area (Å²) in [6, 6.07) is 9.09. The second kappa shape index (κ2) is 7.04. The van der Waals surface area contributed by atoms with Crippen molar-refractivity contribution in [2.75, 3.05) is 6.61 Å². The van der Waals surface area contributed by atoms with Crippen molar-refractivity contribution in [1.29, 1.82) is 0 Å². The molecule has 3 rings (SSSR count). The fourth-order valence-electron chi connectivity index (χ4n) is 2.62. The Morgan fingerprint density at radius 1 is 1.24 bits per heavy atom. The summed E-state index contributed by atoms with van der Waals surface area (Å²) in [6.07, 6.45) is -3.33. The molecule has 0 bridgehead atoms. The van der Waals surface area contributed by atoms with Crippen molar-refractivity contribution in [3.8, 4) is 11.8 Å². The smallest absolute Gasteiger partial charge is 0.270 e. The van der Waals surface area contributed by atoms with Gasteiger partial charge in [-0.2, -0.15) is 0 Å². The van der Waals surface area contributed by atoms with Crippen LogP contribution >= 0.6 is 0 Å². The molecule has 1 unspecified atom stereocenters. The van der Waals surface area contributed by atoms with Gasteiger partial charge >= 0.3 is 0 Å². The molecular formula is C17H17N3O5. The van der Waals surface area contributed by atoms with Gasteiger partial charge < -0.3 is 25.8 Å². The van der Waals surface area contributed by atoms with Crippen LogP contribution in [0.15, 0.2) is 36.7 Å². The highest BCUT2D eigenvalue weighted by Gasteiger charge is 2.44. The summed E-state index contributed by atoms with van der Waals surface area (Å²) in [4.78, 5) is 15.5. The Bertz CT molecular complexity index is 824. The minimum Gasteiger partial charge on any atom is -0.394 e. The average Bonchev–Trinajstić information content (AvgIpc) is 3.16. The molecule has 8 nitrogen and oxygen atoms in total. The molecule has 1 saturated heterocycles. The van der Waals surface area contributed by atoms with Crippen molar-refractivity contribution < 1.29 is 24.9 Å². The number of imidazole rings is 1. The SMILES string of the molecule is NC(=O)c1ncn(C2O[C@H](CO)[C@@H](O)[C@H]2O)c1C#Cc1ccccc1. The molecule has 130 valence electrons. The third-order valence-electron chi connectivity index (χ3n) is 3.92. The number of carbonyl (C=O) groups excluding carboxylic acids is 1. The van der Waals surface area contributed by atoms with Crippen molar-refractivity contribution >= 4 is 5.91 Å². The molecule has 0 radical (unpaired) electrons. The van der Waals surface area contributed by atoms with Crippen molar-refractivity contribution in [2.24, 2.45) is 5.73 Å². The van der Waals surface area contributed by atoms with E-state index in [2.05, 4.69) is 16.8 Å². The summed E-state index contributed by atoms with van der Waals surface area (Å²) in [7, 11) is 0. The van der Waals surface area contributed by atoms with Crippen LogP contribution in [-0.2, 0) is 4.74 Å². The summed E-state index contributed by atoms with van der Waals surface area (Å²) in [6.45, 7) is -0.461. The van der Waals surface area contributed by atoms with E-state index in [1.807, 2.05) is 18.2 Å². The number of nitrogens with two attached hydrogens (primary N) is 1. The Morgan fingerprint density at radius 2 is 1.96 bits per heavy atom. The standard InChI is InChI=1S/C17H17N3O5/c18-16(24)13-11(7-6-10-4-2-1-3-5-10)20(9-19-13)17-15(23)14(22)12(8-21)25-17/h1-5,9,12,14-15,17,21-23H,8H2,(H2,18,24)/t12-,14-,15-,17?/m1/s1. The Kier molecular flexibility index (Phi) is 4.83. The Balaban J connectivity index is 2.01. The van der Waals surface area contributed by atoms with E-state index in [9.17, 15) is 20.1 Å². The fraction of sp³-hybridized carbons (Fsp3) is 0.294. The van der Waals surface area contributed by atoms with E-state index in [1.54, 1.807) is 12.1 Å². The number of nitrogens with zero attached hydrogens (tertiary/aromatic N) is 2. The normalized spacial score (nSPS) is 25.4. The number of amides is 1. The number of primary amides is 1. The van der Waals surface area contributed by atoms with Crippen molar-refractivity contribution in [1.82, 2.24) is 9.55 Å². The minimum atomic E-state index is -1.32. The number of ether oxygens (including phenoxy) is 1. The minimum absolute atomic E-state index is 0.0684. The number of aromatic nitrogens is 2. The number of aliphatic hydroxyl groups excluding tert-OH is 3. The maximum atomic E-state index is 11.6. The van der Waals surface area contributed by atoms with Crippen molar-refractivity contribution in [2.45, 2.75) is 24.5 Å². The van der Waals surface area contributed by atoms with E-state index in [0.29, 0.717) is 5.56 Å². The lowest BCUT2D eigenvalue weighted by Gasteiger charge is -2.17. The predicted octanol–water partition coefficient (Wildman–Crippen LogP) is -1.01. The average molecular weight is 343 g/mol. The van der Waals surface area contributed by atoms with Crippen LogP contribution in [0.5, 0.6) is 0 Å². The van der Waals surface area contributed by atoms with E-state index in [1.165, 1.54) is 10.9 Å². The van der Waals surface area contributed by atoms with Crippen LogP contribution < -0.4 is 5.73 Å². The highest BCUT2D eigenvalue weighted by molar-refractivity contribution is 5.93. The van der Waals surface area contributed by atoms with Crippen LogP contribution in [0.2, 0.25) is 0 Å². The molecule has 2 heterocycles. The fourth-order valence-corrected chi connectivity index (χ4v) is 2.62. The van der Waals surface area contributed by atoms with Gasteiger partial charge in [0.25, 0.3) is 5.91 Å². The van der Waals surface area contributed by atoms with Crippen molar-refractivity contribution in [3.63, 3.8) is 0 Å². The zero-order valence-electron chi connectivity index (χ0n) is 13.1. The van der Waals surface area contributed by atoms with Crippen LogP contribution in [-0.4, -0.2) is 55.7 Å². The highest BCUT2D eigenvalue weighted by Crippen LogP contribution is 2.30. The number of hydrogen-bond donors (Lipinski definition) is 4. The van der Waals surface area contributed by atoms with Gasteiger partial charge in [-0.3, -0.25) is 9.36 Å². The lowest BCUT2D eigenvalue weighted by molar-refractivity contribution is -0.0531. The van der Waals surface area contributed by atoms with Gasteiger partial charge in [-0.05, 0) is 18.1 Å². The molecule has 1 aromatic carbocycles. The summed E-state index contributed by atoms with van der Waals surface area (Å²) in [5, 5.41) is 29.3. The molecule has 0 saturated carbocycles. The summed E-state index contributed by atoms with van der Waals surface area (Å²) in [5.74, 6) is 4.93. The largest absolute Gasteiger partial charge is 0.394 e. The third-order valence-corrected chi connectivity index (χ3v) is 3.92. The van der Waals surface area contributed by atoms with E-state index >= 15 is 0 Å². The molecule has 5 N–H and O–H groups in total. The lowest BCUT2D eigenvalue weighted by atomic mass is 10.1. The second-order valence-corrected chi connectivity index (χ2v) is 5.56. The Hall–Kier alpha value is -2.70. The first-order valence-corrected chi connectivity index (χ1v) is 7.59. The van der Waals surface area contributed by atoms with Crippen LogP contribution in [0.1, 0.15) is 28.0 Å². The lowest BCUT2D eigenvalue weighted by Crippen LogP contribution is -2.33. The summed E-state index contributed by atoms with van der Waals surface area (Å²) < 4.78 is 6.79. The zero-order valence-corrected chi connectivity index (χ0v) is 13.1. The quantitative estimate of drug-likeness (QED) is 0.529. The van der Waals surface area contributed by atoms with Gasteiger partial charge in [-0.15, -0.1) is 0 Å². The van der Waals surface area contributed by atoms with Crippen LogP contribution in [0.25, 0.3) is 0 Å². The van der Waals surface area contributed by atoms with Gasteiger partial charge in [-0.25, -0.2) is 4.98 Å². The molecule has 4 atom stereocenters. The molecule has 0 spiro atoms. The number of benzene rings is 1. The van der Waals surface area contributed by atoms with E-state index in [4.69, 9.17) is 10.5 Å². The molecule has 1 aliphatic rings. The Labute approximate surface area is 143 Å². The number of aliphatic hydroxyl groups is 3. The van der Waals surface area contributed by atoms with Gasteiger partial charge in [0.2, 0.25) is 0 Å². The molecule has 8 heteroatoms. The molecule has 0 aliphatic carbocycles. The Morgan fingerprint density at radius 3 is 2.56 bits per heavy atom. The predicted molar refractivity (Wildman–Crippen MR) is 86.2 cm³/mol. The highest BCUT2D eigenvalue weighted by atomic mass is 16.6. The first-order chi connectivity index (χ1) is 12.0. The molecule has 1 aromatic heterocycles. The first kappa shape index (κ1) is 17.1. The van der Waals surface area contributed by atoms with E-state index in [0.717, 1.165) is 0 Å². The summed E-state index contributed by atoms with van der Waals surface area (Å²) in [5.41, 5.74) is 6.14. The molecule has 1 amide bonds. The van der Waals surface area contributed by atoms with Gasteiger partial charge in [-0.1, -0.05) is 24.1 Å². The van der Waals surface area contributed by atoms with Gasteiger partial charge in [0, 0.05) is 5.56 Å². The van der Waals surface area contributed by atoms with Crippen LogP contribution in [0, 0.1) is 11.8 Å². The summed E-state index contributed by atoms with van der Waals surface area (Å²) >= 11 is 0. The van der Waals surface area contributed by atoms with Gasteiger partial charge in [0.15, 0.2) is 11.9 Å². The van der Waals surface area contributed by atoms with Crippen molar-refractivity contribution in [3.05, 3.63) is 53.6 Å². The van der Waals surface area contributed by atoms with Gasteiger partial charge in [0.1, 0.15) is 24.0 Å². The molecule has 1 fully saturated rings. The van der Waals surface area contributed by atoms with E-state index < -0.39 is 37.1 Å². The molecule has 25 heavy (non-hydrogen) atoms. The maximum absolute atomic E-state index is 11.6. The van der Waals surface area contributed by atoms with Crippen LogP contribution in [0.3, 0.4) is 0 Å². The second-order valence-electron chi connectivity index (χ2n) is 5.56.